The third-order valence-corrected chi connectivity index (χ3v) is 2.86. The summed E-state index contributed by atoms with van der Waals surface area (Å²) in [6.45, 7) is 0. The van der Waals surface area contributed by atoms with Gasteiger partial charge in [-0.25, -0.2) is 13.8 Å². The highest BCUT2D eigenvalue weighted by Gasteiger charge is 2.13. The molecule has 1 aromatic heterocycles. The van der Waals surface area contributed by atoms with Gasteiger partial charge in [-0.3, -0.25) is 5.10 Å². The molecule has 0 unspecified atom stereocenters. The number of rotatable bonds is 2. The molecule has 100 valence electrons. The number of nitrogens with two attached hydrogens (primary N) is 1. The van der Waals surface area contributed by atoms with E-state index in [0.29, 0.717) is 11.6 Å². The Balaban J connectivity index is 2.05. The van der Waals surface area contributed by atoms with E-state index in [1.807, 2.05) is 30.3 Å². The SMILES string of the molecule is Nc1cc(F)c(F)cc1-c1nc(-c2ccccc2)n[nH]1. The minimum absolute atomic E-state index is 0.0969. The Morgan fingerprint density at radius 1 is 1.00 bits per heavy atom. The van der Waals surface area contributed by atoms with Crippen LogP contribution >= 0.6 is 0 Å². The highest BCUT2D eigenvalue weighted by Crippen LogP contribution is 2.26. The van der Waals surface area contributed by atoms with Crippen molar-refractivity contribution in [1.29, 1.82) is 0 Å². The Morgan fingerprint density at radius 2 is 1.70 bits per heavy atom. The molecule has 3 rings (SSSR count). The van der Waals surface area contributed by atoms with Crippen LogP contribution in [0.2, 0.25) is 0 Å². The van der Waals surface area contributed by atoms with E-state index in [1.54, 1.807) is 0 Å². The van der Waals surface area contributed by atoms with E-state index < -0.39 is 11.6 Å². The molecule has 0 aliphatic carbocycles. The van der Waals surface area contributed by atoms with Crippen molar-refractivity contribution in [1.82, 2.24) is 15.2 Å². The number of hydrogen-bond donors (Lipinski definition) is 2. The van der Waals surface area contributed by atoms with Crippen molar-refractivity contribution < 1.29 is 8.78 Å². The molecular formula is C14H10F2N4. The van der Waals surface area contributed by atoms with Crippen LogP contribution in [-0.2, 0) is 0 Å². The highest BCUT2D eigenvalue weighted by atomic mass is 19.2. The van der Waals surface area contributed by atoms with Crippen molar-refractivity contribution in [2.45, 2.75) is 0 Å². The van der Waals surface area contributed by atoms with E-state index in [2.05, 4.69) is 15.2 Å². The molecule has 2 aromatic carbocycles. The summed E-state index contributed by atoms with van der Waals surface area (Å²) in [5.74, 6) is -1.22. The van der Waals surface area contributed by atoms with Crippen LogP contribution in [0, 0.1) is 11.6 Å². The van der Waals surface area contributed by atoms with Crippen LogP contribution in [0.5, 0.6) is 0 Å². The molecule has 3 aromatic rings. The number of H-pyrrole nitrogens is 1. The van der Waals surface area contributed by atoms with E-state index in [4.69, 9.17) is 5.73 Å². The number of benzene rings is 2. The van der Waals surface area contributed by atoms with E-state index in [-0.39, 0.29) is 11.3 Å². The summed E-state index contributed by atoms with van der Waals surface area (Å²) in [6.07, 6.45) is 0. The standard InChI is InChI=1S/C14H10F2N4/c15-10-6-9(12(17)7-11(10)16)14-18-13(19-20-14)8-4-2-1-3-5-8/h1-7H,17H2,(H,18,19,20). The fraction of sp³-hybridized carbons (Fsp3) is 0. The molecule has 3 N–H and O–H groups in total. The third kappa shape index (κ3) is 2.11. The molecule has 0 fully saturated rings. The van der Waals surface area contributed by atoms with Crippen LogP contribution in [0.15, 0.2) is 42.5 Å². The van der Waals surface area contributed by atoms with Crippen LogP contribution in [0.1, 0.15) is 0 Å². The van der Waals surface area contributed by atoms with Gasteiger partial charge in [0.15, 0.2) is 23.3 Å². The number of halogens is 2. The lowest BCUT2D eigenvalue weighted by atomic mass is 10.1. The van der Waals surface area contributed by atoms with E-state index >= 15 is 0 Å². The van der Waals surface area contributed by atoms with Crippen molar-refractivity contribution in [2.24, 2.45) is 0 Å². The summed E-state index contributed by atoms with van der Waals surface area (Å²) >= 11 is 0. The van der Waals surface area contributed by atoms with Crippen LogP contribution in [0.4, 0.5) is 14.5 Å². The van der Waals surface area contributed by atoms with Gasteiger partial charge in [-0.05, 0) is 6.07 Å². The first-order chi connectivity index (χ1) is 9.65. The number of hydrogen-bond acceptors (Lipinski definition) is 3. The molecule has 0 saturated heterocycles. The number of nitrogens with one attached hydrogen (secondary N) is 1. The highest BCUT2D eigenvalue weighted by molar-refractivity contribution is 5.72. The number of anilines is 1. The zero-order valence-electron chi connectivity index (χ0n) is 10.3. The van der Waals surface area contributed by atoms with Crippen LogP contribution in [0.3, 0.4) is 0 Å². The summed E-state index contributed by atoms with van der Waals surface area (Å²) < 4.78 is 26.3. The van der Waals surface area contributed by atoms with Gasteiger partial charge in [-0.1, -0.05) is 30.3 Å². The van der Waals surface area contributed by atoms with Crippen LogP contribution in [-0.4, -0.2) is 15.2 Å². The largest absolute Gasteiger partial charge is 0.398 e. The second-order valence-electron chi connectivity index (χ2n) is 4.23. The molecule has 0 atom stereocenters. The number of aromatic nitrogens is 3. The minimum atomic E-state index is -0.992. The zero-order valence-corrected chi connectivity index (χ0v) is 10.3. The van der Waals surface area contributed by atoms with Gasteiger partial charge in [0.1, 0.15) is 0 Å². The first-order valence-corrected chi connectivity index (χ1v) is 5.88. The maximum Gasteiger partial charge on any atom is 0.181 e. The normalized spacial score (nSPS) is 10.7. The van der Waals surface area contributed by atoms with E-state index in [0.717, 1.165) is 17.7 Å². The lowest BCUT2D eigenvalue weighted by Gasteiger charge is -2.02. The summed E-state index contributed by atoms with van der Waals surface area (Å²) in [7, 11) is 0. The zero-order chi connectivity index (χ0) is 14.1. The summed E-state index contributed by atoms with van der Waals surface area (Å²) in [5, 5.41) is 6.73. The third-order valence-electron chi connectivity index (χ3n) is 2.86. The molecule has 4 nitrogen and oxygen atoms in total. The lowest BCUT2D eigenvalue weighted by molar-refractivity contribution is 0.509. The first-order valence-electron chi connectivity index (χ1n) is 5.88. The lowest BCUT2D eigenvalue weighted by Crippen LogP contribution is -1.95. The smallest absolute Gasteiger partial charge is 0.181 e. The van der Waals surface area contributed by atoms with Gasteiger partial charge in [0.2, 0.25) is 0 Å². The Morgan fingerprint density at radius 3 is 2.45 bits per heavy atom. The molecule has 0 aliphatic heterocycles. The van der Waals surface area contributed by atoms with Gasteiger partial charge < -0.3 is 5.73 Å². The second kappa shape index (κ2) is 4.73. The van der Waals surface area contributed by atoms with Gasteiger partial charge in [0.25, 0.3) is 0 Å². The topological polar surface area (TPSA) is 67.6 Å². The predicted octanol–water partition coefficient (Wildman–Crippen LogP) is 3.00. The predicted molar refractivity (Wildman–Crippen MR) is 71.6 cm³/mol. The van der Waals surface area contributed by atoms with Gasteiger partial charge in [-0.2, -0.15) is 5.10 Å². The quantitative estimate of drug-likeness (QED) is 0.705. The summed E-state index contributed by atoms with van der Waals surface area (Å²) in [4.78, 5) is 4.25. The molecule has 0 saturated carbocycles. The van der Waals surface area contributed by atoms with Crippen molar-refractivity contribution in [3.8, 4) is 22.8 Å². The Hall–Kier alpha value is -2.76. The summed E-state index contributed by atoms with van der Waals surface area (Å²) in [6, 6.07) is 11.2. The second-order valence-corrected chi connectivity index (χ2v) is 4.23. The first kappa shape index (κ1) is 12.3. The van der Waals surface area contributed by atoms with Crippen molar-refractivity contribution in [3.05, 3.63) is 54.1 Å². The molecule has 6 heteroatoms. The molecule has 0 bridgehead atoms. The summed E-state index contributed by atoms with van der Waals surface area (Å²) in [5.41, 5.74) is 6.87. The van der Waals surface area contributed by atoms with Crippen molar-refractivity contribution in [2.75, 3.05) is 5.73 Å². The van der Waals surface area contributed by atoms with E-state index in [9.17, 15) is 8.78 Å². The molecule has 1 heterocycles. The fourth-order valence-electron chi connectivity index (χ4n) is 1.87. The Kier molecular flexibility index (Phi) is 2.90. The van der Waals surface area contributed by atoms with Crippen molar-refractivity contribution >= 4 is 5.69 Å². The molecule has 20 heavy (non-hydrogen) atoms. The average molecular weight is 272 g/mol. The monoisotopic (exact) mass is 272 g/mol. The Labute approximate surface area is 113 Å². The van der Waals surface area contributed by atoms with Gasteiger partial charge in [0.05, 0.1) is 0 Å². The molecule has 0 aliphatic rings. The maximum absolute atomic E-state index is 13.3. The van der Waals surface area contributed by atoms with Crippen molar-refractivity contribution in [3.63, 3.8) is 0 Å². The maximum atomic E-state index is 13.3. The number of nitrogen functional groups attached to an aromatic ring is 1. The van der Waals surface area contributed by atoms with Gasteiger partial charge in [-0.15, -0.1) is 0 Å². The van der Waals surface area contributed by atoms with Crippen LogP contribution < -0.4 is 5.73 Å². The fourth-order valence-corrected chi connectivity index (χ4v) is 1.87. The van der Waals surface area contributed by atoms with Gasteiger partial charge in [0, 0.05) is 22.9 Å². The molecule has 0 spiro atoms. The number of aromatic amines is 1. The molecule has 0 amide bonds. The Bertz CT molecular complexity index is 753. The molecule has 0 radical (unpaired) electrons. The number of nitrogens with zero attached hydrogens (tertiary/aromatic N) is 2. The average Bonchev–Trinajstić information content (AvgIpc) is 2.93. The molecular weight excluding hydrogens is 262 g/mol. The minimum Gasteiger partial charge on any atom is -0.398 e. The van der Waals surface area contributed by atoms with E-state index in [1.165, 1.54) is 0 Å². The van der Waals surface area contributed by atoms with Gasteiger partial charge >= 0.3 is 0 Å². The van der Waals surface area contributed by atoms with Crippen LogP contribution in [0.25, 0.3) is 22.8 Å².